The highest BCUT2D eigenvalue weighted by Crippen LogP contribution is 2.47. The quantitative estimate of drug-likeness (QED) is 0.866. The largest absolute Gasteiger partial charge is 0.316 e. The molecule has 2 rings (SSSR count). The molecule has 0 aliphatic heterocycles. The van der Waals surface area contributed by atoms with Crippen molar-refractivity contribution in [3.63, 3.8) is 0 Å². The van der Waals surface area contributed by atoms with Crippen molar-refractivity contribution in [3.05, 3.63) is 35.1 Å². The van der Waals surface area contributed by atoms with E-state index in [-0.39, 0.29) is 5.56 Å². The van der Waals surface area contributed by atoms with E-state index in [1.165, 1.54) is 6.07 Å². The summed E-state index contributed by atoms with van der Waals surface area (Å²) >= 11 is 0. The van der Waals surface area contributed by atoms with Crippen LogP contribution in [0.3, 0.4) is 0 Å². The fraction of sp³-hybridized carbons (Fsp3) is 0.533. The normalized spacial score (nSPS) is 21.9. The summed E-state index contributed by atoms with van der Waals surface area (Å²) < 4.78 is 13.2. The van der Waals surface area contributed by atoms with Crippen LogP contribution in [0.1, 0.15) is 37.3 Å². The standard InChI is InChI=1S/C15H19FN2/c1-10(2)8-18-9-13-6-14(13)11-3-4-15(16)12(5-11)7-17/h3-5,10,13-14,18H,6,8-9H2,1-2H3. The Hall–Kier alpha value is -1.40. The van der Waals surface area contributed by atoms with Gasteiger partial charge in [0.2, 0.25) is 0 Å². The van der Waals surface area contributed by atoms with Gasteiger partial charge in [-0.1, -0.05) is 19.9 Å². The highest BCUT2D eigenvalue weighted by atomic mass is 19.1. The summed E-state index contributed by atoms with van der Waals surface area (Å²) in [6.07, 6.45) is 1.14. The van der Waals surface area contributed by atoms with Gasteiger partial charge >= 0.3 is 0 Å². The first-order valence-corrected chi connectivity index (χ1v) is 6.52. The molecule has 96 valence electrons. The second-order valence-electron chi connectivity index (χ2n) is 5.51. The minimum Gasteiger partial charge on any atom is -0.316 e. The second kappa shape index (κ2) is 5.49. The van der Waals surface area contributed by atoms with Crippen molar-refractivity contribution in [1.29, 1.82) is 5.26 Å². The summed E-state index contributed by atoms with van der Waals surface area (Å²) in [6, 6.07) is 6.81. The molecule has 0 saturated heterocycles. The Morgan fingerprint density at radius 2 is 2.28 bits per heavy atom. The first-order valence-electron chi connectivity index (χ1n) is 6.52. The molecule has 1 saturated carbocycles. The SMILES string of the molecule is CC(C)CNCC1CC1c1ccc(F)c(C#N)c1. The van der Waals surface area contributed by atoms with Gasteiger partial charge in [-0.25, -0.2) is 4.39 Å². The molecule has 1 aromatic rings. The van der Waals surface area contributed by atoms with Gasteiger partial charge in [0.1, 0.15) is 11.9 Å². The van der Waals surface area contributed by atoms with Gasteiger partial charge in [-0.15, -0.1) is 0 Å². The van der Waals surface area contributed by atoms with Gasteiger partial charge in [-0.05, 0) is 55.0 Å². The van der Waals surface area contributed by atoms with Crippen LogP contribution in [0.2, 0.25) is 0 Å². The molecule has 18 heavy (non-hydrogen) atoms. The van der Waals surface area contributed by atoms with Gasteiger partial charge in [0.25, 0.3) is 0 Å². The summed E-state index contributed by atoms with van der Waals surface area (Å²) in [5.74, 6) is 1.38. The molecular formula is C15H19FN2. The maximum atomic E-state index is 13.2. The van der Waals surface area contributed by atoms with Gasteiger partial charge in [-0.3, -0.25) is 0 Å². The maximum absolute atomic E-state index is 13.2. The van der Waals surface area contributed by atoms with E-state index in [0.717, 1.165) is 25.1 Å². The minimum absolute atomic E-state index is 0.160. The van der Waals surface area contributed by atoms with Crippen LogP contribution in [-0.2, 0) is 0 Å². The lowest BCUT2D eigenvalue weighted by Gasteiger charge is -2.07. The van der Waals surface area contributed by atoms with Crippen LogP contribution in [0.15, 0.2) is 18.2 Å². The van der Waals surface area contributed by atoms with E-state index < -0.39 is 5.82 Å². The summed E-state index contributed by atoms with van der Waals surface area (Å²) in [7, 11) is 0. The molecule has 1 aliphatic rings. The fourth-order valence-electron chi connectivity index (χ4n) is 2.30. The Morgan fingerprint density at radius 3 is 2.94 bits per heavy atom. The zero-order valence-electron chi connectivity index (χ0n) is 10.9. The topological polar surface area (TPSA) is 35.8 Å². The molecule has 0 spiro atoms. The molecule has 2 atom stereocenters. The van der Waals surface area contributed by atoms with E-state index in [1.54, 1.807) is 6.07 Å². The Morgan fingerprint density at radius 1 is 1.50 bits per heavy atom. The van der Waals surface area contributed by atoms with Crippen LogP contribution >= 0.6 is 0 Å². The molecule has 0 bridgehead atoms. The molecule has 1 aliphatic carbocycles. The lowest BCUT2D eigenvalue weighted by molar-refractivity contribution is 0.532. The van der Waals surface area contributed by atoms with Gasteiger partial charge in [0.05, 0.1) is 5.56 Å². The van der Waals surface area contributed by atoms with E-state index in [4.69, 9.17) is 5.26 Å². The van der Waals surface area contributed by atoms with Gasteiger partial charge in [0.15, 0.2) is 0 Å². The number of rotatable bonds is 5. The van der Waals surface area contributed by atoms with Crippen LogP contribution in [0.25, 0.3) is 0 Å². The number of hydrogen-bond donors (Lipinski definition) is 1. The zero-order chi connectivity index (χ0) is 13.1. The van der Waals surface area contributed by atoms with E-state index in [1.807, 2.05) is 12.1 Å². The number of nitrogens with zero attached hydrogens (tertiary/aromatic N) is 1. The van der Waals surface area contributed by atoms with Crippen LogP contribution in [0.5, 0.6) is 0 Å². The average molecular weight is 246 g/mol. The molecule has 1 fully saturated rings. The van der Waals surface area contributed by atoms with E-state index >= 15 is 0 Å². The number of nitriles is 1. The first kappa shape index (κ1) is 13.0. The predicted octanol–water partition coefficient (Wildman–Crippen LogP) is 3.05. The van der Waals surface area contributed by atoms with Crippen molar-refractivity contribution < 1.29 is 4.39 Å². The predicted molar refractivity (Wildman–Crippen MR) is 69.7 cm³/mol. The minimum atomic E-state index is -0.420. The third-order valence-electron chi connectivity index (χ3n) is 3.42. The molecule has 0 amide bonds. The average Bonchev–Trinajstić information content (AvgIpc) is 3.09. The van der Waals surface area contributed by atoms with Crippen molar-refractivity contribution >= 4 is 0 Å². The fourth-order valence-corrected chi connectivity index (χ4v) is 2.30. The first-order chi connectivity index (χ1) is 8.61. The molecule has 0 heterocycles. The summed E-state index contributed by atoms with van der Waals surface area (Å²) in [5.41, 5.74) is 1.26. The van der Waals surface area contributed by atoms with E-state index in [9.17, 15) is 4.39 Å². The smallest absolute Gasteiger partial charge is 0.140 e. The van der Waals surface area contributed by atoms with Crippen LogP contribution < -0.4 is 5.32 Å². The third kappa shape index (κ3) is 3.08. The van der Waals surface area contributed by atoms with Crippen molar-refractivity contribution in [2.75, 3.05) is 13.1 Å². The Balaban J connectivity index is 1.90. The number of halogens is 1. The molecule has 2 nitrogen and oxygen atoms in total. The van der Waals surface area contributed by atoms with Crippen LogP contribution in [-0.4, -0.2) is 13.1 Å². The number of hydrogen-bond acceptors (Lipinski definition) is 2. The molecule has 2 unspecified atom stereocenters. The second-order valence-corrected chi connectivity index (χ2v) is 5.51. The Kier molecular flexibility index (Phi) is 3.98. The van der Waals surface area contributed by atoms with Gasteiger partial charge in [0, 0.05) is 0 Å². The highest BCUT2D eigenvalue weighted by Gasteiger charge is 2.37. The lowest BCUT2D eigenvalue weighted by atomic mass is 10.1. The van der Waals surface area contributed by atoms with Crippen LogP contribution in [0, 0.1) is 29.0 Å². The maximum Gasteiger partial charge on any atom is 0.140 e. The van der Waals surface area contributed by atoms with Crippen LogP contribution in [0.4, 0.5) is 4.39 Å². The lowest BCUT2D eigenvalue weighted by Crippen LogP contribution is -2.22. The molecular weight excluding hydrogens is 227 g/mol. The van der Waals surface area contributed by atoms with Gasteiger partial charge in [-0.2, -0.15) is 5.26 Å². The highest BCUT2D eigenvalue weighted by molar-refractivity contribution is 5.38. The monoisotopic (exact) mass is 246 g/mol. The van der Waals surface area contributed by atoms with Gasteiger partial charge < -0.3 is 5.32 Å². The molecule has 0 aromatic heterocycles. The van der Waals surface area contributed by atoms with E-state index in [2.05, 4.69) is 19.2 Å². The Bertz CT molecular complexity index is 462. The summed E-state index contributed by atoms with van der Waals surface area (Å²) in [4.78, 5) is 0. The number of benzene rings is 1. The van der Waals surface area contributed by atoms with Crippen molar-refractivity contribution in [2.24, 2.45) is 11.8 Å². The molecule has 1 aromatic carbocycles. The van der Waals surface area contributed by atoms with Crippen molar-refractivity contribution in [1.82, 2.24) is 5.32 Å². The molecule has 1 N–H and O–H groups in total. The molecule has 0 radical (unpaired) electrons. The number of nitrogens with one attached hydrogen (secondary N) is 1. The van der Waals surface area contributed by atoms with Crippen molar-refractivity contribution in [2.45, 2.75) is 26.2 Å². The van der Waals surface area contributed by atoms with E-state index in [0.29, 0.717) is 17.8 Å². The zero-order valence-corrected chi connectivity index (χ0v) is 10.9. The van der Waals surface area contributed by atoms with Crippen molar-refractivity contribution in [3.8, 4) is 6.07 Å². The molecule has 3 heteroatoms. The summed E-state index contributed by atoms with van der Waals surface area (Å²) in [5, 5.41) is 12.3. The summed E-state index contributed by atoms with van der Waals surface area (Å²) in [6.45, 7) is 6.44. The third-order valence-corrected chi connectivity index (χ3v) is 3.42. The Labute approximate surface area is 108 Å².